The number of aliphatic carboxylic acids is 1. The van der Waals surface area contributed by atoms with Crippen molar-refractivity contribution in [3.63, 3.8) is 0 Å². The molecule has 3 N–H and O–H groups in total. The normalized spacial score (nSPS) is 11.0. The summed E-state index contributed by atoms with van der Waals surface area (Å²) in [4.78, 5) is 36.3. The van der Waals surface area contributed by atoms with Crippen molar-refractivity contribution in [2.24, 2.45) is 0 Å². The second-order valence-corrected chi connectivity index (χ2v) is 4.81. The zero-order chi connectivity index (χ0) is 15.6. The number of carbonyl (C=O) groups is 2. The molecule has 0 aliphatic heterocycles. The van der Waals surface area contributed by atoms with Crippen LogP contribution in [-0.2, 0) is 16.1 Å². The molecule has 0 aliphatic carbocycles. The smallest absolute Gasteiger partial charge is 0.323 e. The molecule has 0 atom stereocenters. The largest absolute Gasteiger partial charge is 0.480 e. The van der Waals surface area contributed by atoms with Crippen molar-refractivity contribution in [3.05, 3.63) is 12.7 Å². The van der Waals surface area contributed by atoms with Crippen LogP contribution >= 0.6 is 0 Å². The van der Waals surface area contributed by atoms with Crippen molar-refractivity contribution < 1.29 is 14.7 Å². The average Bonchev–Trinajstić information content (AvgIpc) is 2.80. The molecule has 0 saturated carbocycles. The number of rotatable bonds is 5. The Hall–Kier alpha value is -2.71. The topological polar surface area (TPSA) is 127 Å². The van der Waals surface area contributed by atoms with Crippen LogP contribution in [0.1, 0.15) is 13.8 Å². The van der Waals surface area contributed by atoms with Crippen LogP contribution in [-0.4, -0.2) is 54.0 Å². The van der Waals surface area contributed by atoms with Crippen LogP contribution in [0.3, 0.4) is 0 Å². The first-order valence-corrected chi connectivity index (χ1v) is 6.32. The molecule has 2 aromatic rings. The van der Waals surface area contributed by atoms with E-state index < -0.39 is 5.97 Å². The van der Waals surface area contributed by atoms with Gasteiger partial charge in [-0.05, 0) is 13.8 Å². The SMILES string of the molecule is CC(C)N(CC(=O)O)C(=O)Cn1cnc2c(N)ncnc21. The van der Waals surface area contributed by atoms with E-state index in [9.17, 15) is 9.59 Å². The number of anilines is 1. The molecule has 2 heterocycles. The first-order valence-electron chi connectivity index (χ1n) is 6.32. The predicted molar refractivity (Wildman–Crippen MR) is 74.2 cm³/mol. The number of amides is 1. The zero-order valence-corrected chi connectivity index (χ0v) is 11.7. The highest BCUT2D eigenvalue weighted by Gasteiger charge is 2.21. The molecule has 0 spiro atoms. The molecule has 0 aliphatic rings. The quantitative estimate of drug-likeness (QED) is 0.776. The Bertz CT molecular complexity index is 681. The van der Waals surface area contributed by atoms with Gasteiger partial charge in [0.2, 0.25) is 5.91 Å². The van der Waals surface area contributed by atoms with Crippen LogP contribution < -0.4 is 5.73 Å². The van der Waals surface area contributed by atoms with Crippen molar-refractivity contribution in [3.8, 4) is 0 Å². The summed E-state index contributed by atoms with van der Waals surface area (Å²) in [6, 6.07) is -0.219. The fraction of sp³-hybridized carbons (Fsp3) is 0.417. The van der Waals surface area contributed by atoms with Gasteiger partial charge in [0.1, 0.15) is 24.9 Å². The number of nitrogens with zero attached hydrogens (tertiary/aromatic N) is 5. The predicted octanol–water partition coefficient (Wildman–Crippen LogP) is -0.270. The summed E-state index contributed by atoms with van der Waals surface area (Å²) < 4.78 is 1.52. The van der Waals surface area contributed by atoms with E-state index in [1.807, 2.05) is 0 Å². The van der Waals surface area contributed by atoms with Gasteiger partial charge in [-0.15, -0.1) is 0 Å². The number of carboxylic acids is 1. The standard InChI is InChI=1S/C12H16N6O3/c1-7(2)18(4-9(20)21)8(19)3-17-6-16-10-11(13)14-5-15-12(10)17/h5-7H,3-4H2,1-2H3,(H,20,21)(H2,13,14,15). The molecule has 0 saturated heterocycles. The lowest BCUT2D eigenvalue weighted by atomic mass is 10.3. The summed E-state index contributed by atoms with van der Waals surface area (Å²) in [5, 5.41) is 8.87. The van der Waals surface area contributed by atoms with E-state index in [2.05, 4.69) is 15.0 Å². The van der Waals surface area contributed by atoms with E-state index in [4.69, 9.17) is 10.8 Å². The van der Waals surface area contributed by atoms with Crippen LogP contribution in [0.5, 0.6) is 0 Å². The Morgan fingerprint density at radius 2 is 2.10 bits per heavy atom. The highest BCUT2D eigenvalue weighted by Crippen LogP contribution is 2.14. The molecule has 2 rings (SSSR count). The van der Waals surface area contributed by atoms with Gasteiger partial charge in [-0.1, -0.05) is 0 Å². The van der Waals surface area contributed by atoms with E-state index in [1.54, 1.807) is 13.8 Å². The molecule has 9 nitrogen and oxygen atoms in total. The van der Waals surface area contributed by atoms with E-state index in [0.29, 0.717) is 11.2 Å². The first kappa shape index (κ1) is 14.7. The summed E-state index contributed by atoms with van der Waals surface area (Å²) in [5.41, 5.74) is 6.53. The van der Waals surface area contributed by atoms with E-state index in [0.717, 1.165) is 0 Å². The molecule has 0 radical (unpaired) electrons. The number of nitrogen functional groups attached to an aromatic ring is 1. The number of aromatic nitrogens is 4. The van der Waals surface area contributed by atoms with Gasteiger partial charge in [0.25, 0.3) is 0 Å². The van der Waals surface area contributed by atoms with Crippen LogP contribution in [0.15, 0.2) is 12.7 Å². The van der Waals surface area contributed by atoms with Crippen LogP contribution in [0, 0.1) is 0 Å². The van der Waals surface area contributed by atoms with Gasteiger partial charge in [0.05, 0.1) is 6.33 Å². The van der Waals surface area contributed by atoms with Gasteiger partial charge in [-0.2, -0.15) is 0 Å². The Kier molecular flexibility index (Phi) is 4.01. The molecule has 0 bridgehead atoms. The highest BCUT2D eigenvalue weighted by atomic mass is 16.4. The molecule has 1 amide bonds. The van der Waals surface area contributed by atoms with Crippen molar-refractivity contribution in [2.75, 3.05) is 12.3 Å². The third-order valence-electron chi connectivity index (χ3n) is 2.98. The molecule has 0 aromatic carbocycles. The lowest BCUT2D eigenvalue weighted by Crippen LogP contribution is -2.42. The highest BCUT2D eigenvalue weighted by molar-refractivity contribution is 5.85. The number of fused-ring (bicyclic) bond motifs is 1. The minimum atomic E-state index is -1.06. The van der Waals surface area contributed by atoms with Crippen molar-refractivity contribution in [1.82, 2.24) is 24.4 Å². The molecule has 21 heavy (non-hydrogen) atoms. The van der Waals surface area contributed by atoms with Crippen LogP contribution in [0.2, 0.25) is 0 Å². The van der Waals surface area contributed by atoms with Gasteiger partial charge in [-0.25, -0.2) is 15.0 Å². The van der Waals surface area contributed by atoms with Gasteiger partial charge in [0.15, 0.2) is 11.5 Å². The molecule has 9 heteroatoms. The molecule has 0 fully saturated rings. The number of nitrogens with two attached hydrogens (primary N) is 1. The monoisotopic (exact) mass is 292 g/mol. The van der Waals surface area contributed by atoms with Crippen LogP contribution in [0.4, 0.5) is 5.82 Å². The summed E-state index contributed by atoms with van der Waals surface area (Å²) in [5.74, 6) is -1.15. The zero-order valence-electron chi connectivity index (χ0n) is 11.7. The summed E-state index contributed by atoms with van der Waals surface area (Å²) in [7, 11) is 0. The number of hydrogen-bond acceptors (Lipinski definition) is 6. The van der Waals surface area contributed by atoms with Crippen molar-refractivity contribution >= 4 is 28.9 Å². The van der Waals surface area contributed by atoms with Crippen molar-refractivity contribution in [1.29, 1.82) is 0 Å². The first-order chi connectivity index (χ1) is 9.90. The lowest BCUT2D eigenvalue weighted by Gasteiger charge is -2.25. The molecule has 112 valence electrons. The second-order valence-electron chi connectivity index (χ2n) is 4.81. The Morgan fingerprint density at radius 3 is 2.71 bits per heavy atom. The van der Waals surface area contributed by atoms with Crippen LogP contribution in [0.25, 0.3) is 11.2 Å². The number of carboxylic acid groups (broad SMARTS) is 1. The minimum Gasteiger partial charge on any atom is -0.480 e. The molecular weight excluding hydrogens is 276 g/mol. The summed E-state index contributed by atoms with van der Waals surface area (Å²) in [6.45, 7) is 3.11. The van der Waals surface area contributed by atoms with Gasteiger partial charge in [0, 0.05) is 6.04 Å². The maximum atomic E-state index is 12.3. The van der Waals surface area contributed by atoms with E-state index in [-0.39, 0.29) is 30.9 Å². The van der Waals surface area contributed by atoms with Gasteiger partial charge in [-0.3, -0.25) is 9.59 Å². The number of hydrogen-bond donors (Lipinski definition) is 2. The average molecular weight is 292 g/mol. The van der Waals surface area contributed by atoms with Crippen molar-refractivity contribution in [2.45, 2.75) is 26.4 Å². The molecule has 0 unspecified atom stereocenters. The Morgan fingerprint density at radius 1 is 1.38 bits per heavy atom. The van der Waals surface area contributed by atoms with Gasteiger partial charge >= 0.3 is 5.97 Å². The lowest BCUT2D eigenvalue weighted by molar-refractivity contribution is -0.146. The fourth-order valence-corrected chi connectivity index (χ4v) is 1.96. The Labute approximate surface area is 120 Å². The fourth-order valence-electron chi connectivity index (χ4n) is 1.96. The summed E-state index contributed by atoms with van der Waals surface area (Å²) in [6.07, 6.45) is 2.73. The van der Waals surface area contributed by atoms with E-state index in [1.165, 1.54) is 22.1 Å². The maximum Gasteiger partial charge on any atom is 0.323 e. The third kappa shape index (κ3) is 3.07. The maximum absolute atomic E-state index is 12.3. The summed E-state index contributed by atoms with van der Waals surface area (Å²) >= 11 is 0. The second kappa shape index (κ2) is 5.73. The van der Waals surface area contributed by atoms with E-state index >= 15 is 0 Å². The number of imidazole rings is 1. The Balaban J connectivity index is 2.24. The molecule has 2 aromatic heterocycles. The minimum absolute atomic E-state index is 0.0571. The molecular formula is C12H16N6O3. The number of carbonyl (C=O) groups excluding carboxylic acids is 1. The van der Waals surface area contributed by atoms with Gasteiger partial charge < -0.3 is 20.3 Å². The third-order valence-corrected chi connectivity index (χ3v) is 2.98.